The number of rotatable bonds is 3. The van der Waals surface area contributed by atoms with Gasteiger partial charge in [-0.1, -0.05) is 0 Å². The molecule has 0 spiro atoms. The third-order valence-electron chi connectivity index (χ3n) is 3.15. The summed E-state index contributed by atoms with van der Waals surface area (Å²) in [6, 6.07) is -0.0224. The number of nitrogens with zero attached hydrogens (tertiary/aromatic N) is 4. The molecule has 0 radical (unpaired) electrons. The predicted molar refractivity (Wildman–Crippen MR) is 68.1 cm³/mol. The summed E-state index contributed by atoms with van der Waals surface area (Å²) >= 11 is 5.94. The van der Waals surface area contributed by atoms with Crippen LogP contribution in [0.15, 0.2) is 6.33 Å². The minimum absolute atomic E-state index is 0.0217. The minimum atomic E-state index is -0.0224. The summed E-state index contributed by atoms with van der Waals surface area (Å²) in [5, 5.41) is 2.80. The Morgan fingerprint density at radius 1 is 1.58 bits per heavy atom. The molecule has 0 bridgehead atoms. The molecule has 0 aromatic carbocycles. The van der Waals surface area contributed by atoms with Crippen LogP contribution in [0.25, 0.3) is 11.2 Å². The lowest BCUT2D eigenvalue weighted by Gasteiger charge is -2.12. The van der Waals surface area contributed by atoms with Crippen LogP contribution < -0.4 is 10.1 Å². The summed E-state index contributed by atoms with van der Waals surface area (Å²) in [4.78, 5) is 24.0. The number of imidazole rings is 1. The molecule has 1 aliphatic rings. The van der Waals surface area contributed by atoms with Gasteiger partial charge in [0.1, 0.15) is 12.2 Å². The van der Waals surface area contributed by atoms with E-state index in [9.17, 15) is 4.79 Å². The number of ether oxygens (including phenoxy) is 1. The number of methoxy groups -OCH3 is 1. The van der Waals surface area contributed by atoms with Crippen molar-refractivity contribution in [1.82, 2.24) is 24.8 Å². The maximum absolute atomic E-state index is 11.4. The van der Waals surface area contributed by atoms with Crippen molar-refractivity contribution < 1.29 is 9.53 Å². The van der Waals surface area contributed by atoms with Crippen LogP contribution in [-0.4, -0.2) is 39.1 Å². The van der Waals surface area contributed by atoms with Crippen LogP contribution in [0.4, 0.5) is 0 Å². The summed E-state index contributed by atoms with van der Waals surface area (Å²) in [5.41, 5.74) is 1.21. The second-order valence-corrected chi connectivity index (χ2v) is 4.52. The molecule has 19 heavy (non-hydrogen) atoms. The zero-order valence-electron chi connectivity index (χ0n) is 10.3. The summed E-state index contributed by atoms with van der Waals surface area (Å²) in [5.74, 6) is 1.34. The van der Waals surface area contributed by atoms with Gasteiger partial charge < -0.3 is 14.6 Å². The zero-order chi connectivity index (χ0) is 13.4. The van der Waals surface area contributed by atoms with Crippen LogP contribution in [-0.2, 0) is 10.7 Å². The smallest absolute Gasteiger partial charge is 0.245 e. The molecule has 100 valence electrons. The van der Waals surface area contributed by atoms with Crippen LogP contribution >= 0.6 is 11.6 Å². The summed E-state index contributed by atoms with van der Waals surface area (Å²) in [6.45, 7) is 0.556. The largest absolute Gasteiger partial charge is 0.479 e. The number of nitrogens with one attached hydrogen (secondary N) is 1. The summed E-state index contributed by atoms with van der Waals surface area (Å²) in [7, 11) is 1.53. The van der Waals surface area contributed by atoms with Gasteiger partial charge in [0, 0.05) is 13.0 Å². The zero-order valence-corrected chi connectivity index (χ0v) is 11.0. The number of aromatic nitrogens is 4. The van der Waals surface area contributed by atoms with Crippen LogP contribution in [0.1, 0.15) is 18.3 Å². The first-order chi connectivity index (χ1) is 9.24. The number of amides is 1. The van der Waals surface area contributed by atoms with E-state index in [0.717, 1.165) is 0 Å². The topological polar surface area (TPSA) is 81.9 Å². The van der Waals surface area contributed by atoms with Gasteiger partial charge in [-0.15, -0.1) is 11.6 Å². The Hall–Kier alpha value is -1.89. The lowest BCUT2D eigenvalue weighted by Crippen LogP contribution is -2.16. The standard InChI is InChI=1S/C11H12ClN5O2/c1-19-11-9-10(14-5-15-11)17(7(3-12)16-9)6-2-8(18)13-4-6/h5-6H,2-4H2,1H3,(H,13,18). The van der Waals surface area contributed by atoms with Crippen molar-refractivity contribution in [3.63, 3.8) is 0 Å². The predicted octanol–water partition coefficient (Wildman–Crippen LogP) is 0.635. The first-order valence-electron chi connectivity index (χ1n) is 5.83. The Bertz CT molecular complexity index is 641. The van der Waals surface area contributed by atoms with Gasteiger partial charge in [-0.2, -0.15) is 4.98 Å². The second kappa shape index (κ2) is 4.65. The fraction of sp³-hybridized carbons (Fsp3) is 0.455. The summed E-state index contributed by atoms with van der Waals surface area (Å²) < 4.78 is 7.06. The van der Waals surface area contributed by atoms with E-state index in [1.807, 2.05) is 4.57 Å². The van der Waals surface area contributed by atoms with Crippen LogP contribution in [0.5, 0.6) is 5.88 Å². The number of hydrogen-bond acceptors (Lipinski definition) is 5. The van der Waals surface area contributed by atoms with E-state index >= 15 is 0 Å². The van der Waals surface area contributed by atoms with Gasteiger partial charge >= 0.3 is 0 Å². The Morgan fingerprint density at radius 2 is 2.42 bits per heavy atom. The lowest BCUT2D eigenvalue weighted by molar-refractivity contribution is -0.119. The SMILES string of the molecule is COc1ncnc2c1nc(CCl)n2C1CNC(=O)C1. The Kier molecular flexibility index (Phi) is 2.98. The Labute approximate surface area is 114 Å². The highest BCUT2D eigenvalue weighted by Gasteiger charge is 2.28. The Morgan fingerprint density at radius 3 is 3.05 bits per heavy atom. The highest BCUT2D eigenvalue weighted by molar-refractivity contribution is 6.16. The van der Waals surface area contributed by atoms with Gasteiger partial charge in [0.2, 0.25) is 11.8 Å². The van der Waals surface area contributed by atoms with Crippen LogP contribution in [0.3, 0.4) is 0 Å². The molecule has 8 heteroatoms. The van der Waals surface area contributed by atoms with Crippen molar-refractivity contribution in [3.8, 4) is 5.88 Å². The van der Waals surface area contributed by atoms with E-state index in [-0.39, 0.29) is 17.8 Å². The van der Waals surface area contributed by atoms with Crippen LogP contribution in [0.2, 0.25) is 0 Å². The molecule has 2 aromatic heterocycles. The molecule has 0 aliphatic carbocycles. The molecule has 1 atom stereocenters. The highest BCUT2D eigenvalue weighted by atomic mass is 35.5. The van der Waals surface area contributed by atoms with E-state index in [0.29, 0.717) is 35.8 Å². The molecule has 1 N–H and O–H groups in total. The van der Waals surface area contributed by atoms with Gasteiger partial charge in [-0.3, -0.25) is 4.79 Å². The number of carbonyl (C=O) groups is 1. The maximum Gasteiger partial charge on any atom is 0.245 e. The van der Waals surface area contributed by atoms with Crippen molar-refractivity contribution in [2.24, 2.45) is 0 Å². The average molecular weight is 282 g/mol. The Balaban J connectivity index is 2.19. The molecule has 1 fully saturated rings. The average Bonchev–Trinajstić information content (AvgIpc) is 3.00. The molecule has 1 unspecified atom stereocenters. The molecular formula is C11H12ClN5O2. The highest BCUT2D eigenvalue weighted by Crippen LogP contribution is 2.28. The fourth-order valence-electron chi connectivity index (χ4n) is 2.33. The molecule has 1 saturated heterocycles. The van der Waals surface area contributed by atoms with Gasteiger partial charge in [0.05, 0.1) is 19.0 Å². The van der Waals surface area contributed by atoms with Gasteiger partial charge in [0.25, 0.3) is 0 Å². The molecule has 3 rings (SSSR count). The third-order valence-corrected chi connectivity index (χ3v) is 3.39. The number of carbonyl (C=O) groups excluding carboxylic acids is 1. The van der Waals surface area contributed by atoms with Crippen LogP contribution in [0, 0.1) is 0 Å². The van der Waals surface area contributed by atoms with E-state index in [4.69, 9.17) is 16.3 Å². The number of halogens is 1. The fourth-order valence-corrected chi connectivity index (χ4v) is 2.52. The first kappa shape index (κ1) is 12.2. The molecule has 1 amide bonds. The van der Waals surface area contributed by atoms with Crippen molar-refractivity contribution in [2.75, 3.05) is 13.7 Å². The normalized spacial score (nSPS) is 18.8. The van der Waals surface area contributed by atoms with Gasteiger partial charge in [-0.25, -0.2) is 9.97 Å². The second-order valence-electron chi connectivity index (χ2n) is 4.25. The minimum Gasteiger partial charge on any atom is -0.479 e. The molecule has 2 aromatic rings. The molecule has 1 aliphatic heterocycles. The molecule has 0 saturated carbocycles. The molecular weight excluding hydrogens is 270 g/mol. The number of alkyl halides is 1. The van der Waals surface area contributed by atoms with E-state index in [1.54, 1.807) is 0 Å². The van der Waals surface area contributed by atoms with Crippen molar-refractivity contribution in [3.05, 3.63) is 12.2 Å². The van der Waals surface area contributed by atoms with Crippen molar-refractivity contribution >= 4 is 28.7 Å². The van der Waals surface area contributed by atoms with Gasteiger partial charge in [0.15, 0.2) is 11.2 Å². The first-order valence-corrected chi connectivity index (χ1v) is 6.36. The quantitative estimate of drug-likeness (QED) is 0.835. The van der Waals surface area contributed by atoms with E-state index in [1.165, 1.54) is 13.4 Å². The molecule has 3 heterocycles. The lowest BCUT2D eigenvalue weighted by atomic mass is 10.2. The summed E-state index contributed by atoms with van der Waals surface area (Å²) in [6.07, 6.45) is 1.82. The maximum atomic E-state index is 11.4. The van der Waals surface area contributed by atoms with Crippen molar-refractivity contribution in [2.45, 2.75) is 18.3 Å². The third kappa shape index (κ3) is 1.90. The molecule has 7 nitrogen and oxygen atoms in total. The monoisotopic (exact) mass is 281 g/mol. The number of hydrogen-bond donors (Lipinski definition) is 1. The van der Waals surface area contributed by atoms with E-state index < -0.39 is 0 Å². The van der Waals surface area contributed by atoms with E-state index in [2.05, 4.69) is 20.3 Å². The van der Waals surface area contributed by atoms with Gasteiger partial charge in [-0.05, 0) is 0 Å². The van der Waals surface area contributed by atoms with Crippen molar-refractivity contribution in [1.29, 1.82) is 0 Å². The number of fused-ring (bicyclic) bond motifs is 1.